The highest BCUT2D eigenvalue weighted by atomic mass is 15.1. The molecule has 2 aromatic heterocycles. The molecule has 2 heterocycles. The van der Waals surface area contributed by atoms with Crippen LogP contribution in [0.5, 0.6) is 0 Å². The van der Waals surface area contributed by atoms with Crippen LogP contribution in [0.15, 0.2) is 0 Å². The van der Waals surface area contributed by atoms with Crippen molar-refractivity contribution in [3.8, 4) is 11.1 Å². The monoisotopic (exact) mass is 190 g/mol. The van der Waals surface area contributed by atoms with E-state index in [4.69, 9.17) is 0 Å². The number of H-pyrrole nitrogens is 2. The summed E-state index contributed by atoms with van der Waals surface area (Å²) in [5.74, 6) is 0. The lowest BCUT2D eigenvalue weighted by atomic mass is 10.0. The lowest BCUT2D eigenvalue weighted by Crippen LogP contribution is -1.85. The minimum atomic E-state index is 1.02. The Hall–Kier alpha value is -1.58. The maximum Gasteiger partial charge on any atom is 0.0673 e. The van der Waals surface area contributed by atoms with Crippen LogP contribution in [0, 0.1) is 27.7 Å². The van der Waals surface area contributed by atoms with Gasteiger partial charge in [0.05, 0.1) is 11.4 Å². The first-order valence-electron chi connectivity index (χ1n) is 4.64. The van der Waals surface area contributed by atoms with E-state index in [2.05, 4.69) is 20.4 Å². The van der Waals surface area contributed by atoms with Crippen molar-refractivity contribution in [3.63, 3.8) is 0 Å². The van der Waals surface area contributed by atoms with E-state index < -0.39 is 0 Å². The Balaban J connectivity index is 2.71. The summed E-state index contributed by atoms with van der Waals surface area (Å²) in [6.07, 6.45) is 0. The van der Waals surface area contributed by atoms with Crippen molar-refractivity contribution in [3.05, 3.63) is 22.8 Å². The zero-order valence-corrected chi connectivity index (χ0v) is 8.89. The molecule has 0 saturated heterocycles. The maximum absolute atomic E-state index is 4.19. The molecule has 2 aromatic rings. The molecular formula is C10H14N4. The summed E-state index contributed by atoms with van der Waals surface area (Å²) in [6.45, 7) is 8.07. The molecule has 0 amide bonds. The number of hydrogen-bond donors (Lipinski definition) is 2. The summed E-state index contributed by atoms with van der Waals surface area (Å²) < 4.78 is 0. The van der Waals surface area contributed by atoms with Crippen molar-refractivity contribution in [1.82, 2.24) is 20.4 Å². The van der Waals surface area contributed by atoms with Crippen LogP contribution in [0.3, 0.4) is 0 Å². The van der Waals surface area contributed by atoms with Crippen molar-refractivity contribution < 1.29 is 0 Å². The molecule has 0 unspecified atom stereocenters. The van der Waals surface area contributed by atoms with Gasteiger partial charge in [-0.3, -0.25) is 10.2 Å². The lowest BCUT2D eigenvalue weighted by Gasteiger charge is -2.00. The van der Waals surface area contributed by atoms with Gasteiger partial charge in [-0.1, -0.05) is 0 Å². The van der Waals surface area contributed by atoms with Crippen LogP contribution >= 0.6 is 0 Å². The molecule has 0 fully saturated rings. The molecule has 0 radical (unpaired) electrons. The van der Waals surface area contributed by atoms with Crippen LogP contribution in [0.2, 0.25) is 0 Å². The quantitative estimate of drug-likeness (QED) is 0.722. The standard InChI is InChI=1S/C10H14N4/c1-5-9(6(2)12-11-5)10-7(3)13-14-8(10)4/h1-4H3,(H,11,12)(H,13,14). The number of aromatic nitrogens is 4. The van der Waals surface area contributed by atoms with E-state index in [-0.39, 0.29) is 0 Å². The van der Waals surface area contributed by atoms with Crippen LogP contribution in [0.4, 0.5) is 0 Å². The average Bonchev–Trinajstić information content (AvgIpc) is 2.60. The lowest BCUT2D eigenvalue weighted by molar-refractivity contribution is 1.02. The third kappa shape index (κ3) is 1.14. The van der Waals surface area contributed by atoms with E-state index in [0.29, 0.717) is 0 Å². The molecule has 0 aliphatic rings. The van der Waals surface area contributed by atoms with E-state index in [1.54, 1.807) is 0 Å². The van der Waals surface area contributed by atoms with Gasteiger partial charge in [0, 0.05) is 22.5 Å². The Morgan fingerprint density at radius 1 is 0.714 bits per heavy atom. The zero-order valence-electron chi connectivity index (χ0n) is 8.89. The number of aromatic amines is 2. The highest BCUT2D eigenvalue weighted by molar-refractivity contribution is 5.72. The Labute approximate surface area is 82.7 Å². The summed E-state index contributed by atoms with van der Waals surface area (Å²) in [7, 11) is 0. The van der Waals surface area contributed by atoms with Gasteiger partial charge in [-0.05, 0) is 27.7 Å². The fourth-order valence-corrected chi connectivity index (χ4v) is 1.84. The molecule has 14 heavy (non-hydrogen) atoms. The fourth-order valence-electron chi connectivity index (χ4n) is 1.84. The van der Waals surface area contributed by atoms with Gasteiger partial charge in [0.1, 0.15) is 0 Å². The maximum atomic E-state index is 4.19. The smallest absolute Gasteiger partial charge is 0.0673 e. The van der Waals surface area contributed by atoms with E-state index in [9.17, 15) is 0 Å². The van der Waals surface area contributed by atoms with Gasteiger partial charge in [0.15, 0.2) is 0 Å². The van der Waals surface area contributed by atoms with Gasteiger partial charge in [0.25, 0.3) is 0 Å². The molecule has 0 aliphatic heterocycles. The topological polar surface area (TPSA) is 57.4 Å². The predicted molar refractivity (Wildman–Crippen MR) is 55.1 cm³/mol. The van der Waals surface area contributed by atoms with E-state index >= 15 is 0 Å². The highest BCUT2D eigenvalue weighted by Gasteiger charge is 2.15. The molecule has 0 saturated carbocycles. The summed E-state index contributed by atoms with van der Waals surface area (Å²) >= 11 is 0. The average molecular weight is 190 g/mol. The van der Waals surface area contributed by atoms with Crippen LogP contribution in [0.1, 0.15) is 22.8 Å². The van der Waals surface area contributed by atoms with Crippen LogP contribution in [0.25, 0.3) is 11.1 Å². The second-order valence-corrected chi connectivity index (χ2v) is 3.62. The molecule has 0 bridgehead atoms. The fraction of sp³-hybridized carbons (Fsp3) is 0.400. The number of hydrogen-bond acceptors (Lipinski definition) is 2. The molecule has 74 valence electrons. The van der Waals surface area contributed by atoms with Crippen LogP contribution in [-0.2, 0) is 0 Å². The molecule has 0 atom stereocenters. The molecular weight excluding hydrogens is 176 g/mol. The molecule has 0 aromatic carbocycles. The minimum Gasteiger partial charge on any atom is -0.282 e. The van der Waals surface area contributed by atoms with E-state index in [1.165, 1.54) is 11.1 Å². The summed E-state index contributed by atoms with van der Waals surface area (Å²) in [5.41, 5.74) is 6.58. The minimum absolute atomic E-state index is 1.02. The highest BCUT2D eigenvalue weighted by Crippen LogP contribution is 2.29. The number of aryl methyl sites for hydroxylation is 4. The van der Waals surface area contributed by atoms with Gasteiger partial charge < -0.3 is 0 Å². The van der Waals surface area contributed by atoms with E-state index in [1.807, 2.05) is 27.7 Å². The molecule has 4 heteroatoms. The molecule has 2 rings (SSSR count). The summed E-state index contributed by atoms with van der Waals surface area (Å²) in [6, 6.07) is 0. The van der Waals surface area contributed by atoms with Crippen molar-refractivity contribution in [2.24, 2.45) is 0 Å². The largest absolute Gasteiger partial charge is 0.282 e. The second-order valence-electron chi connectivity index (χ2n) is 3.62. The molecule has 0 spiro atoms. The normalized spacial score (nSPS) is 10.9. The first-order chi connectivity index (χ1) is 6.61. The van der Waals surface area contributed by atoms with Gasteiger partial charge in [-0.25, -0.2) is 0 Å². The first kappa shape index (κ1) is 8.99. The van der Waals surface area contributed by atoms with Crippen LogP contribution < -0.4 is 0 Å². The van der Waals surface area contributed by atoms with E-state index in [0.717, 1.165) is 22.8 Å². The Morgan fingerprint density at radius 3 is 1.29 bits per heavy atom. The summed E-state index contributed by atoms with van der Waals surface area (Å²) in [5, 5.41) is 14.4. The van der Waals surface area contributed by atoms with Gasteiger partial charge >= 0.3 is 0 Å². The Bertz CT molecular complexity index is 381. The third-order valence-electron chi connectivity index (χ3n) is 2.51. The Morgan fingerprint density at radius 2 is 1.07 bits per heavy atom. The Kier molecular flexibility index (Phi) is 1.91. The predicted octanol–water partition coefficient (Wildman–Crippen LogP) is 2.03. The molecule has 4 nitrogen and oxygen atoms in total. The van der Waals surface area contributed by atoms with Crippen molar-refractivity contribution in [1.29, 1.82) is 0 Å². The van der Waals surface area contributed by atoms with Gasteiger partial charge in [0.2, 0.25) is 0 Å². The van der Waals surface area contributed by atoms with Gasteiger partial charge in [-0.2, -0.15) is 10.2 Å². The third-order valence-corrected chi connectivity index (χ3v) is 2.51. The van der Waals surface area contributed by atoms with Crippen molar-refractivity contribution >= 4 is 0 Å². The number of nitrogens with zero attached hydrogens (tertiary/aromatic N) is 2. The van der Waals surface area contributed by atoms with Crippen molar-refractivity contribution in [2.75, 3.05) is 0 Å². The number of nitrogens with one attached hydrogen (secondary N) is 2. The summed E-state index contributed by atoms with van der Waals surface area (Å²) in [4.78, 5) is 0. The zero-order chi connectivity index (χ0) is 10.3. The van der Waals surface area contributed by atoms with Crippen LogP contribution in [-0.4, -0.2) is 20.4 Å². The van der Waals surface area contributed by atoms with Gasteiger partial charge in [-0.15, -0.1) is 0 Å². The number of rotatable bonds is 1. The van der Waals surface area contributed by atoms with Crippen molar-refractivity contribution in [2.45, 2.75) is 27.7 Å². The molecule has 2 N–H and O–H groups in total. The molecule has 0 aliphatic carbocycles. The second kappa shape index (κ2) is 2.97. The first-order valence-corrected chi connectivity index (χ1v) is 4.64. The SMILES string of the molecule is Cc1n[nH]c(C)c1-c1c(C)n[nH]c1C.